The highest BCUT2D eigenvalue weighted by atomic mass is 19.4. The lowest BCUT2D eigenvalue weighted by Gasteiger charge is -2.10. The first-order valence-corrected chi connectivity index (χ1v) is 8.55. The van der Waals surface area contributed by atoms with E-state index in [4.69, 9.17) is 4.42 Å². The van der Waals surface area contributed by atoms with Crippen LogP contribution in [0.2, 0.25) is 0 Å². The number of furan rings is 1. The van der Waals surface area contributed by atoms with E-state index in [-0.39, 0.29) is 18.1 Å². The second kappa shape index (κ2) is 6.64. The third-order valence-corrected chi connectivity index (χ3v) is 4.59. The summed E-state index contributed by atoms with van der Waals surface area (Å²) in [5.41, 5.74) is 4.55. The van der Waals surface area contributed by atoms with Crippen LogP contribution in [-0.2, 0) is 24.1 Å². The first kappa shape index (κ1) is 17.5. The number of hydrogen-bond acceptors (Lipinski definition) is 3. The molecule has 0 spiro atoms. The molecular weight excluding hydrogens is 359 g/mol. The molecule has 0 aliphatic heterocycles. The number of hydrogen-bond donors (Lipinski definition) is 1. The number of carbonyl (C=O) groups is 1. The van der Waals surface area contributed by atoms with Crippen LogP contribution in [0.1, 0.15) is 23.1 Å². The van der Waals surface area contributed by atoms with Gasteiger partial charge in [-0.15, -0.1) is 13.2 Å². The quantitative estimate of drug-likeness (QED) is 0.698. The maximum absolute atomic E-state index is 12.3. The fourth-order valence-corrected chi connectivity index (χ4v) is 3.40. The SMILES string of the molecule is O=C(Cc1coc2cc3c(cc12)CCC3)Nc1ccc(OC(F)(F)F)cc1. The summed E-state index contributed by atoms with van der Waals surface area (Å²) in [6.45, 7) is 0. The fraction of sp³-hybridized carbons (Fsp3) is 0.250. The van der Waals surface area contributed by atoms with E-state index in [2.05, 4.69) is 16.1 Å². The Kier molecular flexibility index (Phi) is 4.30. The Morgan fingerprint density at radius 1 is 1.11 bits per heavy atom. The molecule has 1 aliphatic carbocycles. The number of fused-ring (bicyclic) bond motifs is 2. The highest BCUT2D eigenvalue weighted by molar-refractivity contribution is 5.95. The lowest BCUT2D eigenvalue weighted by Crippen LogP contribution is -2.17. The summed E-state index contributed by atoms with van der Waals surface area (Å²) in [4.78, 5) is 12.3. The minimum absolute atomic E-state index is 0.118. The molecule has 1 aliphatic rings. The summed E-state index contributed by atoms with van der Waals surface area (Å²) in [6.07, 6.45) is 0.176. The van der Waals surface area contributed by atoms with Crippen LogP contribution in [0.25, 0.3) is 11.0 Å². The molecule has 27 heavy (non-hydrogen) atoms. The number of benzene rings is 2. The molecule has 4 rings (SSSR count). The Bertz CT molecular complexity index is 990. The third-order valence-electron chi connectivity index (χ3n) is 4.59. The van der Waals surface area contributed by atoms with Crippen molar-refractivity contribution >= 4 is 22.6 Å². The molecule has 0 bridgehead atoms. The zero-order chi connectivity index (χ0) is 19.0. The van der Waals surface area contributed by atoms with Crippen molar-refractivity contribution in [3.63, 3.8) is 0 Å². The molecule has 0 fully saturated rings. The van der Waals surface area contributed by atoms with Crippen molar-refractivity contribution in [3.8, 4) is 5.75 Å². The summed E-state index contributed by atoms with van der Waals surface area (Å²) in [7, 11) is 0. The molecule has 4 nitrogen and oxygen atoms in total. The summed E-state index contributed by atoms with van der Waals surface area (Å²) in [5, 5.41) is 3.60. The third kappa shape index (κ3) is 3.92. The topological polar surface area (TPSA) is 51.5 Å². The molecule has 0 saturated heterocycles. The van der Waals surface area contributed by atoms with Gasteiger partial charge in [0.25, 0.3) is 0 Å². The first-order valence-electron chi connectivity index (χ1n) is 8.55. The number of ether oxygens (including phenoxy) is 1. The number of amides is 1. The average molecular weight is 375 g/mol. The largest absolute Gasteiger partial charge is 0.573 e. The average Bonchev–Trinajstić information content (AvgIpc) is 3.20. The number of nitrogens with one attached hydrogen (secondary N) is 1. The van der Waals surface area contributed by atoms with Gasteiger partial charge in [0.2, 0.25) is 5.91 Å². The molecule has 0 atom stereocenters. The normalized spacial score (nSPS) is 13.6. The van der Waals surface area contributed by atoms with Gasteiger partial charge in [-0.05, 0) is 66.8 Å². The zero-order valence-corrected chi connectivity index (χ0v) is 14.2. The number of alkyl halides is 3. The van der Waals surface area contributed by atoms with Crippen molar-refractivity contribution in [3.05, 3.63) is 59.4 Å². The van der Waals surface area contributed by atoms with Crippen LogP contribution < -0.4 is 10.1 Å². The van der Waals surface area contributed by atoms with Crippen LogP contribution in [0.5, 0.6) is 5.75 Å². The predicted octanol–water partition coefficient (Wildman–Crippen LogP) is 5.00. The lowest BCUT2D eigenvalue weighted by atomic mass is 10.0. The summed E-state index contributed by atoms with van der Waals surface area (Å²) in [5.74, 6) is -0.613. The van der Waals surface area contributed by atoms with Gasteiger partial charge in [0.05, 0.1) is 12.7 Å². The summed E-state index contributed by atoms with van der Waals surface area (Å²) < 4.78 is 45.9. The first-order chi connectivity index (χ1) is 12.9. The second-order valence-corrected chi connectivity index (χ2v) is 6.53. The van der Waals surface area contributed by atoms with Gasteiger partial charge in [0.1, 0.15) is 11.3 Å². The van der Waals surface area contributed by atoms with Crippen LogP contribution in [0.4, 0.5) is 18.9 Å². The van der Waals surface area contributed by atoms with Gasteiger partial charge >= 0.3 is 6.36 Å². The second-order valence-electron chi connectivity index (χ2n) is 6.53. The minimum atomic E-state index is -4.74. The minimum Gasteiger partial charge on any atom is -0.464 e. The van der Waals surface area contributed by atoms with E-state index in [9.17, 15) is 18.0 Å². The monoisotopic (exact) mass is 375 g/mol. The van der Waals surface area contributed by atoms with Crippen LogP contribution in [0.15, 0.2) is 47.1 Å². The maximum atomic E-state index is 12.3. The van der Waals surface area contributed by atoms with E-state index in [1.807, 2.05) is 6.07 Å². The van der Waals surface area contributed by atoms with Gasteiger partial charge in [-0.1, -0.05) is 0 Å². The van der Waals surface area contributed by atoms with Gasteiger partial charge in [-0.2, -0.15) is 0 Å². The van der Waals surface area contributed by atoms with E-state index in [0.29, 0.717) is 5.69 Å². The molecule has 1 heterocycles. The van der Waals surface area contributed by atoms with Crippen molar-refractivity contribution in [2.24, 2.45) is 0 Å². The highest BCUT2D eigenvalue weighted by Crippen LogP contribution is 2.31. The molecule has 1 amide bonds. The van der Waals surface area contributed by atoms with Gasteiger partial charge in [-0.3, -0.25) is 4.79 Å². The molecular formula is C20H16F3NO3. The number of aryl methyl sites for hydroxylation is 2. The highest BCUT2D eigenvalue weighted by Gasteiger charge is 2.31. The van der Waals surface area contributed by atoms with Crippen molar-refractivity contribution in [2.75, 3.05) is 5.32 Å². The molecule has 0 unspecified atom stereocenters. The molecule has 140 valence electrons. The van der Waals surface area contributed by atoms with Crippen molar-refractivity contribution in [1.82, 2.24) is 0 Å². The fourth-order valence-electron chi connectivity index (χ4n) is 3.40. The van der Waals surface area contributed by atoms with Crippen LogP contribution in [0.3, 0.4) is 0 Å². The van der Waals surface area contributed by atoms with E-state index in [1.165, 1.54) is 23.3 Å². The van der Waals surface area contributed by atoms with Gasteiger partial charge < -0.3 is 14.5 Å². The van der Waals surface area contributed by atoms with E-state index in [0.717, 1.165) is 47.9 Å². The summed E-state index contributed by atoms with van der Waals surface area (Å²) >= 11 is 0. The molecule has 0 saturated carbocycles. The van der Waals surface area contributed by atoms with Crippen LogP contribution in [-0.4, -0.2) is 12.3 Å². The molecule has 7 heteroatoms. The predicted molar refractivity (Wildman–Crippen MR) is 93.7 cm³/mol. The Balaban J connectivity index is 1.44. The maximum Gasteiger partial charge on any atom is 0.573 e. The Morgan fingerprint density at radius 3 is 2.52 bits per heavy atom. The molecule has 3 aromatic rings. The van der Waals surface area contributed by atoms with Crippen molar-refractivity contribution in [1.29, 1.82) is 0 Å². The molecule has 1 N–H and O–H groups in total. The molecule has 2 aromatic carbocycles. The smallest absolute Gasteiger partial charge is 0.464 e. The lowest BCUT2D eigenvalue weighted by molar-refractivity contribution is -0.274. The Labute approximate surface area is 152 Å². The van der Waals surface area contributed by atoms with Crippen LogP contribution >= 0.6 is 0 Å². The number of halogens is 3. The Morgan fingerprint density at radius 2 is 1.81 bits per heavy atom. The number of carbonyl (C=O) groups excluding carboxylic acids is 1. The summed E-state index contributed by atoms with van der Waals surface area (Å²) in [6, 6.07) is 9.16. The van der Waals surface area contributed by atoms with E-state index >= 15 is 0 Å². The number of anilines is 1. The van der Waals surface area contributed by atoms with Crippen molar-refractivity contribution < 1.29 is 27.1 Å². The van der Waals surface area contributed by atoms with Crippen LogP contribution in [0, 0.1) is 0 Å². The van der Waals surface area contributed by atoms with Gasteiger partial charge in [0.15, 0.2) is 0 Å². The Hall–Kier alpha value is -2.96. The molecule has 1 aromatic heterocycles. The number of rotatable bonds is 4. The zero-order valence-electron chi connectivity index (χ0n) is 14.2. The van der Waals surface area contributed by atoms with Gasteiger partial charge in [-0.25, -0.2) is 0 Å². The standard InChI is InChI=1S/C20H16F3NO3/c21-20(22,23)27-16-6-4-15(5-7-16)24-19(25)10-14-11-26-18-9-13-3-1-2-12(13)8-17(14)18/h4-9,11H,1-3,10H2,(H,24,25). The molecule has 0 radical (unpaired) electrons. The van der Waals surface area contributed by atoms with E-state index in [1.54, 1.807) is 6.26 Å². The van der Waals surface area contributed by atoms with E-state index < -0.39 is 6.36 Å². The van der Waals surface area contributed by atoms with Gasteiger partial charge in [0, 0.05) is 16.6 Å². The van der Waals surface area contributed by atoms with Crippen molar-refractivity contribution in [2.45, 2.75) is 32.0 Å².